The van der Waals surface area contributed by atoms with Gasteiger partial charge in [0.1, 0.15) is 16.7 Å². The van der Waals surface area contributed by atoms with Crippen LogP contribution in [-0.4, -0.2) is 24.2 Å². The largest absolute Gasteiger partial charge is 0.497 e. The number of ether oxygens (including phenoxy) is 2. The highest BCUT2D eigenvalue weighted by atomic mass is 35.5. The fourth-order valence-corrected chi connectivity index (χ4v) is 1.87. The predicted octanol–water partition coefficient (Wildman–Crippen LogP) is 3.12. The summed E-state index contributed by atoms with van der Waals surface area (Å²) < 4.78 is 10.5. The van der Waals surface area contributed by atoms with Crippen LogP contribution in [0, 0.1) is 6.92 Å². The molecule has 2 aromatic rings. The summed E-state index contributed by atoms with van der Waals surface area (Å²) >= 11 is 5.94. The zero-order chi connectivity index (χ0) is 13.1. The van der Waals surface area contributed by atoms with Crippen LogP contribution in [0.4, 0.5) is 0 Å². The topological polar surface area (TPSA) is 44.2 Å². The standard InChI is InChI=1S/C13H13ClN2O2/c1-8-6-12(14)16-13(15-8)10-5-4-9(17-2)7-11(10)18-3/h4-7H,1-3H3. The molecule has 18 heavy (non-hydrogen) atoms. The maximum absolute atomic E-state index is 5.94. The van der Waals surface area contributed by atoms with E-state index in [0.717, 1.165) is 11.3 Å². The minimum atomic E-state index is 0.412. The number of benzene rings is 1. The number of aryl methyl sites for hydroxylation is 1. The Kier molecular flexibility index (Phi) is 3.67. The Morgan fingerprint density at radius 1 is 1.06 bits per heavy atom. The second-order valence-corrected chi connectivity index (χ2v) is 4.11. The average Bonchev–Trinajstić information content (AvgIpc) is 2.36. The molecule has 0 aliphatic carbocycles. The van der Waals surface area contributed by atoms with Crippen LogP contribution < -0.4 is 9.47 Å². The maximum atomic E-state index is 5.94. The number of halogens is 1. The molecule has 5 heteroatoms. The summed E-state index contributed by atoms with van der Waals surface area (Å²) in [5, 5.41) is 0.412. The first-order chi connectivity index (χ1) is 8.63. The Balaban J connectivity index is 2.55. The van der Waals surface area contributed by atoms with Crippen molar-refractivity contribution in [2.45, 2.75) is 6.92 Å². The van der Waals surface area contributed by atoms with E-state index in [1.54, 1.807) is 26.4 Å². The summed E-state index contributed by atoms with van der Waals surface area (Å²) in [6.07, 6.45) is 0. The molecule has 1 aromatic carbocycles. The Bertz CT molecular complexity index is 553. The first-order valence-electron chi connectivity index (χ1n) is 5.37. The molecule has 0 bridgehead atoms. The molecule has 0 aliphatic rings. The first kappa shape index (κ1) is 12.6. The lowest BCUT2D eigenvalue weighted by Crippen LogP contribution is -1.96. The summed E-state index contributed by atoms with van der Waals surface area (Å²) in [6, 6.07) is 7.18. The van der Waals surface area contributed by atoms with E-state index >= 15 is 0 Å². The molecule has 0 saturated heterocycles. The normalized spacial score (nSPS) is 10.2. The summed E-state index contributed by atoms with van der Waals surface area (Å²) in [7, 11) is 3.20. The highest BCUT2D eigenvalue weighted by Crippen LogP contribution is 2.31. The third-order valence-corrected chi connectivity index (χ3v) is 2.67. The summed E-state index contributed by atoms with van der Waals surface area (Å²) in [4.78, 5) is 8.55. The van der Waals surface area contributed by atoms with Crippen molar-refractivity contribution >= 4 is 11.6 Å². The highest BCUT2D eigenvalue weighted by molar-refractivity contribution is 6.29. The molecular weight excluding hydrogens is 252 g/mol. The van der Waals surface area contributed by atoms with Crippen molar-refractivity contribution in [1.29, 1.82) is 0 Å². The van der Waals surface area contributed by atoms with Gasteiger partial charge in [-0.1, -0.05) is 11.6 Å². The number of aromatic nitrogens is 2. The average molecular weight is 265 g/mol. The van der Waals surface area contributed by atoms with Crippen molar-refractivity contribution < 1.29 is 9.47 Å². The zero-order valence-electron chi connectivity index (χ0n) is 10.4. The summed E-state index contributed by atoms with van der Waals surface area (Å²) in [5.74, 6) is 1.91. The van der Waals surface area contributed by atoms with Gasteiger partial charge in [-0.15, -0.1) is 0 Å². The number of methoxy groups -OCH3 is 2. The van der Waals surface area contributed by atoms with Gasteiger partial charge in [-0.2, -0.15) is 0 Å². The fraction of sp³-hybridized carbons (Fsp3) is 0.231. The van der Waals surface area contributed by atoms with Crippen molar-refractivity contribution in [3.05, 3.63) is 35.1 Å². The number of hydrogen-bond acceptors (Lipinski definition) is 4. The van der Waals surface area contributed by atoms with Gasteiger partial charge in [0.2, 0.25) is 0 Å². The Labute approximate surface area is 111 Å². The molecule has 0 radical (unpaired) electrons. The van der Waals surface area contributed by atoms with Gasteiger partial charge >= 0.3 is 0 Å². The van der Waals surface area contributed by atoms with E-state index in [1.165, 1.54) is 0 Å². The van der Waals surface area contributed by atoms with Crippen molar-refractivity contribution in [3.63, 3.8) is 0 Å². The maximum Gasteiger partial charge on any atom is 0.164 e. The Hall–Kier alpha value is -1.81. The molecule has 0 fully saturated rings. The lowest BCUT2D eigenvalue weighted by atomic mass is 10.1. The highest BCUT2D eigenvalue weighted by Gasteiger charge is 2.11. The predicted molar refractivity (Wildman–Crippen MR) is 70.3 cm³/mol. The second-order valence-electron chi connectivity index (χ2n) is 3.72. The van der Waals surface area contributed by atoms with E-state index in [9.17, 15) is 0 Å². The van der Waals surface area contributed by atoms with Gasteiger partial charge in [0, 0.05) is 11.8 Å². The van der Waals surface area contributed by atoms with Gasteiger partial charge in [-0.05, 0) is 25.1 Å². The van der Waals surface area contributed by atoms with Crippen LogP contribution in [0.5, 0.6) is 11.5 Å². The van der Waals surface area contributed by atoms with E-state index in [4.69, 9.17) is 21.1 Å². The van der Waals surface area contributed by atoms with Gasteiger partial charge < -0.3 is 9.47 Å². The zero-order valence-corrected chi connectivity index (χ0v) is 11.2. The molecule has 0 unspecified atom stereocenters. The Morgan fingerprint density at radius 2 is 1.83 bits per heavy atom. The third-order valence-electron chi connectivity index (χ3n) is 2.47. The van der Waals surface area contributed by atoms with Crippen LogP contribution in [0.2, 0.25) is 5.15 Å². The quantitative estimate of drug-likeness (QED) is 0.799. The smallest absolute Gasteiger partial charge is 0.164 e. The SMILES string of the molecule is COc1ccc(-c2nc(C)cc(Cl)n2)c(OC)c1. The minimum Gasteiger partial charge on any atom is -0.497 e. The summed E-state index contributed by atoms with van der Waals surface area (Å²) in [5.41, 5.74) is 1.59. The molecule has 1 aromatic heterocycles. The van der Waals surface area contributed by atoms with Crippen molar-refractivity contribution in [1.82, 2.24) is 9.97 Å². The van der Waals surface area contributed by atoms with Crippen LogP contribution in [0.15, 0.2) is 24.3 Å². The number of rotatable bonds is 3. The van der Waals surface area contributed by atoms with Gasteiger partial charge in [0.25, 0.3) is 0 Å². The van der Waals surface area contributed by atoms with Gasteiger partial charge in [-0.3, -0.25) is 0 Å². The minimum absolute atomic E-state index is 0.412. The monoisotopic (exact) mass is 264 g/mol. The van der Waals surface area contributed by atoms with Crippen molar-refractivity contribution in [2.75, 3.05) is 14.2 Å². The molecule has 4 nitrogen and oxygen atoms in total. The van der Waals surface area contributed by atoms with E-state index in [1.807, 2.05) is 19.1 Å². The van der Waals surface area contributed by atoms with Gasteiger partial charge in [0.15, 0.2) is 5.82 Å². The van der Waals surface area contributed by atoms with Crippen LogP contribution >= 0.6 is 11.6 Å². The van der Waals surface area contributed by atoms with E-state index in [-0.39, 0.29) is 0 Å². The van der Waals surface area contributed by atoms with Crippen molar-refractivity contribution in [2.24, 2.45) is 0 Å². The second kappa shape index (κ2) is 5.23. The third kappa shape index (κ3) is 2.54. The fourth-order valence-electron chi connectivity index (χ4n) is 1.63. The molecule has 94 valence electrons. The van der Waals surface area contributed by atoms with Gasteiger partial charge in [0.05, 0.1) is 19.8 Å². The molecule has 0 amide bonds. The van der Waals surface area contributed by atoms with E-state index < -0.39 is 0 Å². The van der Waals surface area contributed by atoms with Crippen LogP contribution in [0.25, 0.3) is 11.4 Å². The first-order valence-corrected chi connectivity index (χ1v) is 5.75. The molecule has 0 spiro atoms. The Morgan fingerprint density at radius 3 is 2.44 bits per heavy atom. The molecule has 2 rings (SSSR count). The molecule has 1 heterocycles. The molecule has 0 N–H and O–H groups in total. The molecule has 0 aliphatic heterocycles. The summed E-state index contributed by atoms with van der Waals surface area (Å²) in [6.45, 7) is 1.87. The van der Waals surface area contributed by atoms with E-state index in [2.05, 4.69) is 9.97 Å². The van der Waals surface area contributed by atoms with Gasteiger partial charge in [-0.25, -0.2) is 9.97 Å². The molecule has 0 atom stereocenters. The number of nitrogens with zero attached hydrogens (tertiary/aromatic N) is 2. The van der Waals surface area contributed by atoms with Crippen LogP contribution in [-0.2, 0) is 0 Å². The molecule has 0 saturated carbocycles. The van der Waals surface area contributed by atoms with Crippen molar-refractivity contribution in [3.8, 4) is 22.9 Å². The lowest BCUT2D eigenvalue weighted by molar-refractivity contribution is 0.395. The van der Waals surface area contributed by atoms with E-state index in [0.29, 0.717) is 22.5 Å². The number of hydrogen-bond donors (Lipinski definition) is 0. The molecular formula is C13H13ClN2O2. The van der Waals surface area contributed by atoms with Crippen LogP contribution in [0.1, 0.15) is 5.69 Å². The lowest BCUT2D eigenvalue weighted by Gasteiger charge is -2.09. The van der Waals surface area contributed by atoms with Crippen LogP contribution in [0.3, 0.4) is 0 Å².